The van der Waals surface area contributed by atoms with Crippen LogP contribution in [0.1, 0.15) is 188 Å². The fourth-order valence-corrected chi connectivity index (χ4v) is 6.17. The van der Waals surface area contributed by atoms with Crippen molar-refractivity contribution in [1.82, 2.24) is 0 Å². The summed E-state index contributed by atoms with van der Waals surface area (Å²) in [7, 11) is 0. The highest BCUT2D eigenvalue weighted by atomic mass is 16.6. The lowest BCUT2D eigenvalue weighted by Crippen LogP contribution is -2.30. The third-order valence-corrected chi connectivity index (χ3v) is 9.79. The molecule has 0 heterocycles. The van der Waals surface area contributed by atoms with Gasteiger partial charge in [-0.15, -0.1) is 0 Å². The van der Waals surface area contributed by atoms with Gasteiger partial charge in [-0.25, -0.2) is 0 Å². The minimum absolute atomic E-state index is 0.111. The molecule has 0 saturated heterocycles. The first kappa shape index (κ1) is 58.6. The fraction of sp³-hybridized carbons (Fsp3) is 0.561. The van der Waals surface area contributed by atoms with E-state index in [9.17, 15) is 14.4 Å². The SMILES string of the molecule is CC\C=C/C=C\C=C/C=C\C=C\C=C/CCCCCC(=O)OCC(COC(=O)CCCCCCC/C=C\C/C=C\CC)OC(=O)CCCCCCCC/C=C\C/C=C\C/C=C\CC. The Hall–Kier alpha value is -4.45. The summed E-state index contributed by atoms with van der Waals surface area (Å²) >= 11 is 0. The van der Waals surface area contributed by atoms with Crippen LogP contribution in [0.3, 0.4) is 0 Å². The van der Waals surface area contributed by atoms with E-state index in [-0.39, 0.29) is 31.1 Å². The molecule has 63 heavy (non-hydrogen) atoms. The second-order valence-corrected chi connectivity index (χ2v) is 15.7. The zero-order valence-corrected chi connectivity index (χ0v) is 40.0. The van der Waals surface area contributed by atoms with Crippen molar-refractivity contribution in [3.8, 4) is 0 Å². The van der Waals surface area contributed by atoms with Crippen LogP contribution in [-0.2, 0) is 28.6 Å². The quantitative estimate of drug-likeness (QED) is 0.0200. The van der Waals surface area contributed by atoms with Crippen molar-refractivity contribution >= 4 is 17.9 Å². The standard InChI is InChI=1S/C57H88O6/c1-4-7-10-13-16-19-22-25-27-29-31-32-35-38-41-44-47-50-56(59)62-53-54(52-61-55(58)49-46-43-40-37-34-24-21-18-15-12-9-6-3)63-57(60)51-48-45-42-39-36-33-30-28-26-23-20-17-14-11-8-5-2/h7-13,16-22,25-29,31-32,35,54H,4-6,14-15,23-24,30,33-34,36-53H2,1-3H3/b10-7-,11-8-,12-9-,16-13-,20-17-,21-18-,22-19-,27-25-,28-26-,31-29+,35-32-. The van der Waals surface area contributed by atoms with E-state index >= 15 is 0 Å². The van der Waals surface area contributed by atoms with Gasteiger partial charge in [0.25, 0.3) is 0 Å². The highest BCUT2D eigenvalue weighted by molar-refractivity contribution is 5.71. The van der Waals surface area contributed by atoms with Gasteiger partial charge in [-0.2, -0.15) is 0 Å². The van der Waals surface area contributed by atoms with Crippen LogP contribution < -0.4 is 0 Å². The summed E-state index contributed by atoms with van der Waals surface area (Å²) in [6.07, 6.45) is 70.0. The number of ether oxygens (including phenoxy) is 3. The van der Waals surface area contributed by atoms with Crippen LogP contribution in [0.25, 0.3) is 0 Å². The predicted molar refractivity (Wildman–Crippen MR) is 269 cm³/mol. The summed E-state index contributed by atoms with van der Waals surface area (Å²) in [5.41, 5.74) is 0. The van der Waals surface area contributed by atoms with Crippen molar-refractivity contribution in [3.05, 3.63) is 134 Å². The van der Waals surface area contributed by atoms with Gasteiger partial charge in [-0.05, 0) is 96.3 Å². The summed E-state index contributed by atoms with van der Waals surface area (Å²) in [4.78, 5) is 37.9. The summed E-state index contributed by atoms with van der Waals surface area (Å²) in [6, 6.07) is 0. The Kier molecular flexibility index (Phi) is 46.7. The lowest BCUT2D eigenvalue weighted by molar-refractivity contribution is -0.167. The van der Waals surface area contributed by atoms with E-state index in [4.69, 9.17) is 14.2 Å². The molecular weight excluding hydrogens is 781 g/mol. The van der Waals surface area contributed by atoms with Crippen LogP contribution in [0.2, 0.25) is 0 Å². The third-order valence-electron chi connectivity index (χ3n) is 9.79. The molecule has 0 spiro atoms. The lowest BCUT2D eigenvalue weighted by atomic mass is 10.1. The molecule has 0 amide bonds. The van der Waals surface area contributed by atoms with Gasteiger partial charge in [0.1, 0.15) is 13.2 Å². The van der Waals surface area contributed by atoms with Crippen molar-refractivity contribution in [2.75, 3.05) is 13.2 Å². The number of rotatable bonds is 42. The molecule has 0 aliphatic heterocycles. The van der Waals surface area contributed by atoms with Crippen LogP contribution in [0.4, 0.5) is 0 Å². The van der Waals surface area contributed by atoms with Crippen molar-refractivity contribution in [2.45, 2.75) is 194 Å². The zero-order valence-electron chi connectivity index (χ0n) is 40.0. The van der Waals surface area contributed by atoms with Crippen LogP contribution in [0.15, 0.2) is 134 Å². The van der Waals surface area contributed by atoms with Crippen LogP contribution in [-0.4, -0.2) is 37.2 Å². The molecule has 352 valence electrons. The Bertz CT molecular complexity index is 1420. The smallest absolute Gasteiger partial charge is 0.306 e. The second-order valence-electron chi connectivity index (χ2n) is 15.7. The van der Waals surface area contributed by atoms with E-state index in [1.54, 1.807) is 0 Å². The van der Waals surface area contributed by atoms with Crippen molar-refractivity contribution < 1.29 is 28.6 Å². The Morgan fingerprint density at radius 2 is 0.651 bits per heavy atom. The van der Waals surface area contributed by atoms with E-state index in [0.717, 1.165) is 135 Å². The Labute approximate surface area is 385 Å². The topological polar surface area (TPSA) is 78.9 Å². The van der Waals surface area contributed by atoms with E-state index < -0.39 is 6.10 Å². The zero-order chi connectivity index (χ0) is 45.8. The monoisotopic (exact) mass is 869 g/mol. The molecule has 1 unspecified atom stereocenters. The minimum Gasteiger partial charge on any atom is -0.462 e. The molecule has 1 atom stereocenters. The number of carbonyl (C=O) groups is 3. The van der Waals surface area contributed by atoms with Gasteiger partial charge < -0.3 is 14.2 Å². The minimum atomic E-state index is -0.814. The molecule has 0 aliphatic carbocycles. The average molecular weight is 869 g/mol. The largest absolute Gasteiger partial charge is 0.462 e. The van der Waals surface area contributed by atoms with Gasteiger partial charge in [0.2, 0.25) is 0 Å². The number of unbranched alkanes of at least 4 members (excludes halogenated alkanes) is 14. The molecule has 0 bridgehead atoms. The molecule has 0 aromatic carbocycles. The van der Waals surface area contributed by atoms with Gasteiger partial charge in [0, 0.05) is 19.3 Å². The molecule has 0 saturated carbocycles. The van der Waals surface area contributed by atoms with Gasteiger partial charge >= 0.3 is 17.9 Å². The van der Waals surface area contributed by atoms with E-state index in [0.29, 0.717) is 19.3 Å². The number of allylic oxidation sites excluding steroid dienone is 22. The molecule has 6 heteroatoms. The molecular formula is C57H88O6. The van der Waals surface area contributed by atoms with E-state index in [1.807, 2.05) is 60.8 Å². The normalized spacial score (nSPS) is 13.3. The predicted octanol–water partition coefficient (Wildman–Crippen LogP) is 16.3. The number of hydrogen-bond donors (Lipinski definition) is 0. The second kappa shape index (κ2) is 50.2. The summed E-state index contributed by atoms with van der Waals surface area (Å²) < 4.78 is 16.7. The molecule has 0 aromatic heterocycles. The van der Waals surface area contributed by atoms with E-state index in [2.05, 4.69) is 93.7 Å². The number of esters is 3. The van der Waals surface area contributed by atoms with Crippen molar-refractivity contribution in [1.29, 1.82) is 0 Å². The molecule has 0 rings (SSSR count). The maximum atomic E-state index is 12.8. The van der Waals surface area contributed by atoms with Crippen LogP contribution in [0.5, 0.6) is 0 Å². The Morgan fingerprint density at radius 1 is 0.333 bits per heavy atom. The van der Waals surface area contributed by atoms with Crippen LogP contribution in [0, 0.1) is 0 Å². The first-order chi connectivity index (χ1) is 31.0. The third kappa shape index (κ3) is 48.4. The molecule has 0 aliphatic rings. The molecule has 6 nitrogen and oxygen atoms in total. The van der Waals surface area contributed by atoms with Crippen molar-refractivity contribution in [3.63, 3.8) is 0 Å². The summed E-state index contributed by atoms with van der Waals surface area (Å²) in [6.45, 7) is 6.18. The molecule has 0 radical (unpaired) electrons. The molecule has 0 N–H and O–H groups in total. The molecule has 0 aromatic rings. The van der Waals surface area contributed by atoms with Gasteiger partial charge in [0.05, 0.1) is 0 Å². The van der Waals surface area contributed by atoms with Gasteiger partial charge in [-0.1, -0.05) is 206 Å². The maximum absolute atomic E-state index is 12.8. The average Bonchev–Trinajstić information content (AvgIpc) is 3.28. The first-order valence-corrected chi connectivity index (χ1v) is 24.8. The Morgan fingerprint density at radius 3 is 1.10 bits per heavy atom. The highest BCUT2D eigenvalue weighted by Crippen LogP contribution is 2.13. The summed E-state index contributed by atoms with van der Waals surface area (Å²) in [5.74, 6) is -0.994. The molecule has 0 fully saturated rings. The highest BCUT2D eigenvalue weighted by Gasteiger charge is 2.19. The van der Waals surface area contributed by atoms with Crippen LogP contribution >= 0.6 is 0 Å². The maximum Gasteiger partial charge on any atom is 0.306 e. The van der Waals surface area contributed by atoms with Gasteiger partial charge in [-0.3, -0.25) is 14.4 Å². The van der Waals surface area contributed by atoms with Crippen molar-refractivity contribution in [2.24, 2.45) is 0 Å². The fourth-order valence-electron chi connectivity index (χ4n) is 6.17. The van der Waals surface area contributed by atoms with Gasteiger partial charge in [0.15, 0.2) is 6.10 Å². The Balaban J connectivity index is 4.55. The lowest BCUT2D eigenvalue weighted by Gasteiger charge is -2.18. The first-order valence-electron chi connectivity index (χ1n) is 24.8. The number of carbonyl (C=O) groups excluding carboxylic acids is 3. The van der Waals surface area contributed by atoms with E-state index in [1.165, 1.54) is 12.8 Å². The number of hydrogen-bond acceptors (Lipinski definition) is 6. The summed E-state index contributed by atoms with van der Waals surface area (Å²) in [5, 5.41) is 0.